The molecule has 24 heavy (non-hydrogen) atoms. The molecule has 2 heterocycles. The van der Waals surface area contributed by atoms with E-state index in [2.05, 4.69) is 25.2 Å². The quantitative estimate of drug-likeness (QED) is 0.721. The lowest BCUT2D eigenvalue weighted by molar-refractivity contribution is 0.262. The van der Waals surface area contributed by atoms with Gasteiger partial charge in [0.15, 0.2) is 0 Å². The van der Waals surface area contributed by atoms with Crippen LogP contribution in [-0.4, -0.2) is 47.1 Å². The Morgan fingerprint density at radius 3 is 2.71 bits per heavy atom. The van der Waals surface area contributed by atoms with Gasteiger partial charge in [0.2, 0.25) is 0 Å². The van der Waals surface area contributed by atoms with Crippen molar-refractivity contribution in [1.82, 2.24) is 19.9 Å². The number of benzene rings is 1. The van der Waals surface area contributed by atoms with E-state index in [1.807, 2.05) is 38.4 Å². The van der Waals surface area contributed by atoms with Gasteiger partial charge in [0.05, 0.1) is 22.9 Å². The highest BCUT2D eigenvalue weighted by molar-refractivity contribution is 5.74. The van der Waals surface area contributed by atoms with E-state index in [0.29, 0.717) is 13.2 Å². The van der Waals surface area contributed by atoms with Gasteiger partial charge in [-0.1, -0.05) is 6.07 Å². The van der Waals surface area contributed by atoms with Crippen LogP contribution in [0.5, 0.6) is 5.75 Å². The minimum absolute atomic E-state index is 0.636. The van der Waals surface area contributed by atoms with Crippen molar-refractivity contribution in [2.45, 2.75) is 6.54 Å². The Hall–Kier alpha value is -2.73. The maximum atomic E-state index is 5.84. The highest BCUT2D eigenvalue weighted by atomic mass is 16.5. The van der Waals surface area contributed by atoms with Gasteiger partial charge in [-0.15, -0.1) is 0 Å². The first-order chi connectivity index (χ1) is 11.7. The lowest BCUT2D eigenvalue weighted by Gasteiger charge is -2.14. The molecule has 1 N–H and O–H groups in total. The fraction of sp³-hybridized carbons (Fsp3) is 0.278. The SMILES string of the molecule is CN(C)CCOc1ccncc1NCc1ccc2nccnc2c1. The Kier molecular flexibility index (Phi) is 5.18. The number of rotatable bonds is 7. The summed E-state index contributed by atoms with van der Waals surface area (Å²) in [4.78, 5) is 14.9. The smallest absolute Gasteiger partial charge is 0.145 e. The Bertz CT molecular complexity index is 806. The van der Waals surface area contributed by atoms with Crippen LogP contribution in [-0.2, 0) is 6.54 Å². The molecule has 0 bridgehead atoms. The number of anilines is 1. The standard InChI is InChI=1S/C18H21N5O/c1-23(2)9-10-24-18-5-6-19-13-17(18)22-12-14-3-4-15-16(11-14)21-8-7-20-15/h3-8,11,13,22H,9-10,12H2,1-2H3. The van der Waals surface area contributed by atoms with Crippen LogP contribution < -0.4 is 10.1 Å². The van der Waals surface area contributed by atoms with Crippen molar-refractivity contribution < 1.29 is 4.74 Å². The lowest BCUT2D eigenvalue weighted by Crippen LogP contribution is -2.19. The molecule has 1 aromatic carbocycles. The number of hydrogen-bond acceptors (Lipinski definition) is 6. The molecule has 0 fully saturated rings. The normalized spacial score (nSPS) is 11.0. The first kappa shape index (κ1) is 16.1. The van der Waals surface area contributed by atoms with Crippen molar-refractivity contribution in [3.05, 3.63) is 54.6 Å². The zero-order chi connectivity index (χ0) is 16.8. The molecule has 124 valence electrons. The molecule has 2 aromatic heterocycles. The second-order valence-corrected chi connectivity index (χ2v) is 5.76. The monoisotopic (exact) mass is 323 g/mol. The largest absolute Gasteiger partial charge is 0.490 e. The fourth-order valence-electron chi connectivity index (χ4n) is 2.29. The number of likely N-dealkylation sites (N-methyl/N-ethyl adjacent to an activating group) is 1. The molecule has 3 rings (SSSR count). The highest BCUT2D eigenvalue weighted by Gasteiger charge is 2.05. The van der Waals surface area contributed by atoms with Crippen molar-refractivity contribution in [3.63, 3.8) is 0 Å². The predicted octanol–water partition coefficient (Wildman–Crippen LogP) is 2.58. The maximum Gasteiger partial charge on any atom is 0.145 e. The highest BCUT2D eigenvalue weighted by Crippen LogP contribution is 2.23. The summed E-state index contributed by atoms with van der Waals surface area (Å²) in [5, 5.41) is 3.38. The minimum atomic E-state index is 0.636. The van der Waals surface area contributed by atoms with Gasteiger partial charge >= 0.3 is 0 Å². The maximum absolute atomic E-state index is 5.84. The van der Waals surface area contributed by atoms with Crippen LogP contribution in [0.3, 0.4) is 0 Å². The number of fused-ring (bicyclic) bond motifs is 1. The first-order valence-corrected chi connectivity index (χ1v) is 7.87. The molecule has 0 aliphatic carbocycles. The summed E-state index contributed by atoms with van der Waals surface area (Å²) in [7, 11) is 4.05. The zero-order valence-corrected chi connectivity index (χ0v) is 13.9. The van der Waals surface area contributed by atoms with Crippen LogP contribution in [0.4, 0.5) is 5.69 Å². The van der Waals surface area contributed by atoms with Crippen molar-refractivity contribution >= 4 is 16.7 Å². The minimum Gasteiger partial charge on any atom is -0.490 e. The average Bonchev–Trinajstić information content (AvgIpc) is 2.60. The molecule has 0 saturated heterocycles. The van der Waals surface area contributed by atoms with Crippen LogP contribution in [0.25, 0.3) is 11.0 Å². The molecule has 6 nitrogen and oxygen atoms in total. The van der Waals surface area contributed by atoms with Gasteiger partial charge in [-0.2, -0.15) is 0 Å². The molecular formula is C18H21N5O. The van der Waals surface area contributed by atoms with E-state index in [0.717, 1.165) is 34.6 Å². The summed E-state index contributed by atoms with van der Waals surface area (Å²) in [6.45, 7) is 2.17. The number of ether oxygens (including phenoxy) is 1. The van der Waals surface area contributed by atoms with E-state index < -0.39 is 0 Å². The molecule has 0 radical (unpaired) electrons. The molecule has 0 atom stereocenters. The topological polar surface area (TPSA) is 63.2 Å². The van der Waals surface area contributed by atoms with Crippen molar-refractivity contribution in [2.24, 2.45) is 0 Å². The molecule has 3 aromatic rings. The summed E-state index contributed by atoms with van der Waals surface area (Å²) >= 11 is 0. The van der Waals surface area contributed by atoms with Crippen LogP contribution in [0.1, 0.15) is 5.56 Å². The zero-order valence-electron chi connectivity index (χ0n) is 13.9. The van der Waals surface area contributed by atoms with Crippen LogP contribution in [0.15, 0.2) is 49.1 Å². The number of aromatic nitrogens is 3. The van der Waals surface area contributed by atoms with Crippen LogP contribution >= 0.6 is 0 Å². The third-order valence-corrected chi connectivity index (χ3v) is 3.59. The summed E-state index contributed by atoms with van der Waals surface area (Å²) < 4.78 is 5.84. The van der Waals surface area contributed by atoms with Gasteiger partial charge in [0.25, 0.3) is 0 Å². The summed E-state index contributed by atoms with van der Waals surface area (Å²) in [5.41, 5.74) is 3.81. The molecule has 0 amide bonds. The predicted molar refractivity (Wildman–Crippen MR) is 95.2 cm³/mol. The Labute approximate surface area is 141 Å². The third kappa shape index (κ3) is 4.17. The molecule has 0 aliphatic rings. The van der Waals surface area contributed by atoms with Crippen molar-refractivity contribution in [3.8, 4) is 5.75 Å². The lowest BCUT2D eigenvalue weighted by atomic mass is 10.2. The van der Waals surface area contributed by atoms with Gasteiger partial charge < -0.3 is 15.0 Å². The Morgan fingerprint density at radius 2 is 1.88 bits per heavy atom. The van der Waals surface area contributed by atoms with Crippen LogP contribution in [0, 0.1) is 0 Å². The summed E-state index contributed by atoms with van der Waals surface area (Å²) in [5.74, 6) is 0.812. The molecular weight excluding hydrogens is 302 g/mol. The third-order valence-electron chi connectivity index (χ3n) is 3.59. The number of nitrogens with one attached hydrogen (secondary N) is 1. The second-order valence-electron chi connectivity index (χ2n) is 5.76. The van der Waals surface area contributed by atoms with E-state index in [4.69, 9.17) is 4.74 Å². The molecule has 6 heteroatoms. The van der Waals surface area contributed by atoms with Gasteiger partial charge in [-0.3, -0.25) is 15.0 Å². The van der Waals surface area contributed by atoms with E-state index in [-0.39, 0.29) is 0 Å². The summed E-state index contributed by atoms with van der Waals surface area (Å²) in [6, 6.07) is 7.95. The van der Waals surface area contributed by atoms with E-state index in [1.54, 1.807) is 24.8 Å². The Morgan fingerprint density at radius 1 is 1.04 bits per heavy atom. The van der Waals surface area contributed by atoms with Crippen molar-refractivity contribution in [1.29, 1.82) is 0 Å². The van der Waals surface area contributed by atoms with E-state index >= 15 is 0 Å². The number of pyridine rings is 1. The average molecular weight is 323 g/mol. The van der Waals surface area contributed by atoms with Crippen molar-refractivity contribution in [2.75, 3.05) is 32.6 Å². The second kappa shape index (κ2) is 7.70. The number of nitrogens with zero attached hydrogens (tertiary/aromatic N) is 4. The van der Waals surface area contributed by atoms with E-state index in [1.165, 1.54) is 0 Å². The summed E-state index contributed by atoms with van der Waals surface area (Å²) in [6.07, 6.45) is 6.93. The van der Waals surface area contributed by atoms with E-state index in [9.17, 15) is 0 Å². The molecule has 0 saturated carbocycles. The van der Waals surface area contributed by atoms with Gasteiger partial charge in [-0.05, 0) is 31.8 Å². The fourth-order valence-corrected chi connectivity index (χ4v) is 2.29. The molecule has 0 spiro atoms. The van der Waals surface area contributed by atoms with Gasteiger partial charge in [-0.25, -0.2) is 0 Å². The molecule has 0 unspecified atom stereocenters. The molecule has 0 aliphatic heterocycles. The van der Waals surface area contributed by atoms with Crippen LogP contribution in [0.2, 0.25) is 0 Å². The Balaban J connectivity index is 1.67. The van der Waals surface area contributed by atoms with Gasteiger partial charge in [0, 0.05) is 37.7 Å². The number of hydrogen-bond donors (Lipinski definition) is 1. The first-order valence-electron chi connectivity index (χ1n) is 7.87. The van der Waals surface area contributed by atoms with Gasteiger partial charge in [0.1, 0.15) is 12.4 Å².